The summed E-state index contributed by atoms with van der Waals surface area (Å²) < 4.78 is 17.5. The summed E-state index contributed by atoms with van der Waals surface area (Å²) in [6, 6.07) is 11.0. The molecule has 3 N–H and O–H groups in total. The van der Waals surface area contributed by atoms with Crippen LogP contribution >= 0.6 is 0 Å². The summed E-state index contributed by atoms with van der Waals surface area (Å²) in [5, 5.41) is 13.3. The van der Waals surface area contributed by atoms with Gasteiger partial charge in [0.15, 0.2) is 0 Å². The summed E-state index contributed by atoms with van der Waals surface area (Å²) in [7, 11) is 0. The van der Waals surface area contributed by atoms with Crippen LogP contribution in [0.4, 0.5) is 0 Å². The number of hydrogen-bond donors (Lipinski definition) is 3. The molecule has 0 amide bonds. The Labute approximate surface area is 178 Å². The molecule has 0 saturated carbocycles. The number of ether oxygens (including phenoxy) is 2. The fourth-order valence-electron chi connectivity index (χ4n) is 3.23. The molecule has 3 heterocycles. The minimum atomic E-state index is -1.03. The number of fused-ring (bicyclic) bond motifs is 1. The van der Waals surface area contributed by atoms with Crippen LogP contribution in [0.2, 0.25) is 0 Å². The number of nitrogens with one attached hydrogen (secondary N) is 2. The van der Waals surface area contributed by atoms with Crippen LogP contribution in [0, 0.1) is 6.92 Å². The summed E-state index contributed by atoms with van der Waals surface area (Å²) >= 11 is 0. The van der Waals surface area contributed by atoms with E-state index in [-0.39, 0.29) is 5.56 Å². The molecule has 1 aromatic carbocycles. The number of pyridine rings is 1. The molecule has 0 bridgehead atoms. The van der Waals surface area contributed by atoms with Crippen molar-refractivity contribution in [3.8, 4) is 17.6 Å². The van der Waals surface area contributed by atoms with Gasteiger partial charge < -0.3 is 29.3 Å². The van der Waals surface area contributed by atoms with E-state index in [0.717, 1.165) is 41.8 Å². The Morgan fingerprint density at radius 3 is 2.97 bits per heavy atom. The normalized spacial score (nSPS) is 11.0. The molecular formula is C23H23N3O5. The van der Waals surface area contributed by atoms with Crippen molar-refractivity contribution < 1.29 is 23.8 Å². The highest BCUT2D eigenvalue weighted by Gasteiger charge is 2.18. The summed E-state index contributed by atoms with van der Waals surface area (Å²) in [4.78, 5) is 17.9. The second-order valence-electron chi connectivity index (χ2n) is 7.04. The monoisotopic (exact) mass is 421 g/mol. The number of carboxylic acid groups (broad SMARTS) is 1. The van der Waals surface area contributed by atoms with Gasteiger partial charge in [-0.15, -0.1) is 0 Å². The summed E-state index contributed by atoms with van der Waals surface area (Å²) in [6.45, 7) is 4.03. The first-order chi connectivity index (χ1) is 15.1. The molecule has 0 fully saturated rings. The zero-order valence-corrected chi connectivity index (χ0v) is 17.1. The molecule has 0 aliphatic carbocycles. The van der Waals surface area contributed by atoms with E-state index < -0.39 is 5.97 Å². The van der Waals surface area contributed by atoms with Crippen molar-refractivity contribution in [2.24, 2.45) is 0 Å². The summed E-state index contributed by atoms with van der Waals surface area (Å²) in [5.41, 5.74) is 2.69. The highest BCUT2D eigenvalue weighted by atomic mass is 16.6. The molecule has 0 unspecified atom stereocenters. The van der Waals surface area contributed by atoms with Crippen LogP contribution in [0.1, 0.15) is 27.9 Å². The van der Waals surface area contributed by atoms with E-state index in [1.54, 1.807) is 6.20 Å². The van der Waals surface area contributed by atoms with Crippen molar-refractivity contribution in [2.75, 3.05) is 13.2 Å². The third-order valence-corrected chi connectivity index (χ3v) is 4.79. The molecule has 8 heteroatoms. The van der Waals surface area contributed by atoms with Gasteiger partial charge in [0.05, 0.1) is 17.6 Å². The van der Waals surface area contributed by atoms with Gasteiger partial charge in [-0.2, -0.15) is 0 Å². The predicted octanol–water partition coefficient (Wildman–Crippen LogP) is 4.51. The van der Waals surface area contributed by atoms with Crippen LogP contribution in [0.3, 0.4) is 0 Å². The number of aromatic nitrogens is 2. The SMILES string of the molecule is Cc1c(Oc2cc(C(=O)O)c[nH]2)oc2cccc(OCCCNCc3cccnc3)c12. The van der Waals surface area contributed by atoms with E-state index >= 15 is 0 Å². The highest BCUT2D eigenvalue weighted by Crippen LogP contribution is 2.38. The van der Waals surface area contributed by atoms with Crippen molar-refractivity contribution in [1.82, 2.24) is 15.3 Å². The van der Waals surface area contributed by atoms with Gasteiger partial charge in [-0.1, -0.05) is 12.1 Å². The molecule has 4 aromatic rings. The molecule has 3 aromatic heterocycles. The Hall–Kier alpha value is -3.78. The van der Waals surface area contributed by atoms with Gasteiger partial charge in [-0.25, -0.2) is 4.79 Å². The number of carbonyl (C=O) groups is 1. The Morgan fingerprint density at radius 2 is 2.19 bits per heavy atom. The van der Waals surface area contributed by atoms with E-state index in [1.807, 2.05) is 43.5 Å². The minimum absolute atomic E-state index is 0.116. The van der Waals surface area contributed by atoms with E-state index in [2.05, 4.69) is 15.3 Å². The van der Waals surface area contributed by atoms with E-state index in [9.17, 15) is 4.79 Å². The van der Waals surface area contributed by atoms with E-state index in [1.165, 1.54) is 12.3 Å². The first-order valence-corrected chi connectivity index (χ1v) is 9.96. The number of H-pyrrole nitrogens is 1. The number of hydrogen-bond acceptors (Lipinski definition) is 6. The second kappa shape index (κ2) is 9.36. The van der Waals surface area contributed by atoms with Gasteiger partial charge in [-0.05, 0) is 43.7 Å². The maximum Gasteiger partial charge on any atom is 0.337 e. The largest absolute Gasteiger partial charge is 0.493 e. The number of aromatic amines is 1. The smallest absolute Gasteiger partial charge is 0.337 e. The van der Waals surface area contributed by atoms with E-state index in [4.69, 9.17) is 19.0 Å². The number of nitrogens with zero attached hydrogens (tertiary/aromatic N) is 1. The number of rotatable bonds is 10. The average molecular weight is 421 g/mol. The molecule has 0 aliphatic rings. The highest BCUT2D eigenvalue weighted by molar-refractivity contribution is 5.89. The molecule has 0 saturated heterocycles. The van der Waals surface area contributed by atoms with Crippen LogP contribution in [0.15, 0.2) is 59.4 Å². The molecule has 8 nitrogen and oxygen atoms in total. The zero-order valence-electron chi connectivity index (χ0n) is 17.1. The van der Waals surface area contributed by atoms with Gasteiger partial charge in [0.1, 0.15) is 11.3 Å². The van der Waals surface area contributed by atoms with Gasteiger partial charge in [0, 0.05) is 36.8 Å². The lowest BCUT2D eigenvalue weighted by atomic mass is 10.1. The molecule has 160 valence electrons. The van der Waals surface area contributed by atoms with Crippen LogP contribution in [-0.2, 0) is 6.54 Å². The third kappa shape index (κ3) is 4.87. The molecule has 0 atom stereocenters. The van der Waals surface area contributed by atoms with Crippen LogP contribution in [-0.4, -0.2) is 34.2 Å². The fraction of sp³-hybridized carbons (Fsp3) is 0.217. The second-order valence-corrected chi connectivity index (χ2v) is 7.04. The fourth-order valence-corrected chi connectivity index (χ4v) is 3.23. The molecular weight excluding hydrogens is 398 g/mol. The first kappa shape index (κ1) is 20.5. The molecule has 4 rings (SSSR count). The molecule has 31 heavy (non-hydrogen) atoms. The molecule has 0 aliphatic heterocycles. The van der Waals surface area contributed by atoms with Crippen molar-refractivity contribution in [3.05, 3.63) is 71.7 Å². The number of aryl methyl sites for hydroxylation is 1. The number of aromatic carboxylic acids is 1. The van der Waals surface area contributed by atoms with Crippen molar-refractivity contribution in [3.63, 3.8) is 0 Å². The number of carboxylic acids is 1. The number of benzene rings is 1. The topological polar surface area (TPSA) is 110 Å². The maximum absolute atomic E-state index is 11.0. The van der Waals surface area contributed by atoms with Crippen molar-refractivity contribution in [1.29, 1.82) is 0 Å². The van der Waals surface area contributed by atoms with Gasteiger partial charge in [0.25, 0.3) is 5.95 Å². The quantitative estimate of drug-likeness (QED) is 0.323. The van der Waals surface area contributed by atoms with Gasteiger partial charge in [-0.3, -0.25) is 4.98 Å². The van der Waals surface area contributed by atoms with Crippen molar-refractivity contribution in [2.45, 2.75) is 19.9 Å². The Balaban J connectivity index is 1.36. The lowest BCUT2D eigenvalue weighted by Gasteiger charge is -2.08. The summed E-state index contributed by atoms with van der Waals surface area (Å²) in [6.07, 6.45) is 5.82. The lowest BCUT2D eigenvalue weighted by molar-refractivity contribution is 0.0697. The van der Waals surface area contributed by atoms with Crippen molar-refractivity contribution >= 4 is 16.9 Å². The Morgan fingerprint density at radius 1 is 1.29 bits per heavy atom. The third-order valence-electron chi connectivity index (χ3n) is 4.79. The standard InChI is InChI=1S/C23H23N3O5/c1-15-21-18(29-10-4-9-25-13-16-5-3-8-24-12-16)6-2-7-19(21)30-23(15)31-20-11-17(14-26-20)22(27)28/h2-3,5-8,11-12,14,25-26H,4,9-10,13H2,1H3,(H,27,28). The maximum atomic E-state index is 11.0. The Kier molecular flexibility index (Phi) is 6.18. The summed E-state index contributed by atoms with van der Waals surface area (Å²) in [5.74, 6) is 0.279. The predicted molar refractivity (Wildman–Crippen MR) is 115 cm³/mol. The zero-order chi connectivity index (χ0) is 21.6. The number of furan rings is 1. The minimum Gasteiger partial charge on any atom is -0.493 e. The lowest BCUT2D eigenvalue weighted by Crippen LogP contribution is -2.17. The van der Waals surface area contributed by atoms with Crippen LogP contribution < -0.4 is 14.8 Å². The average Bonchev–Trinajstić information content (AvgIpc) is 3.37. The van der Waals surface area contributed by atoms with Gasteiger partial charge >= 0.3 is 5.97 Å². The Bertz CT molecular complexity index is 1170. The van der Waals surface area contributed by atoms with Crippen LogP contribution in [0.5, 0.6) is 17.6 Å². The molecule has 0 radical (unpaired) electrons. The first-order valence-electron chi connectivity index (χ1n) is 9.96. The van der Waals surface area contributed by atoms with Crippen LogP contribution in [0.25, 0.3) is 11.0 Å². The molecule has 0 spiro atoms. The van der Waals surface area contributed by atoms with Gasteiger partial charge in [0.2, 0.25) is 5.88 Å². The van der Waals surface area contributed by atoms with E-state index in [0.29, 0.717) is 24.0 Å².